The summed E-state index contributed by atoms with van der Waals surface area (Å²) in [6, 6.07) is 12.4. The largest absolute Gasteiger partial charge is 0.459 e. The van der Waals surface area contributed by atoms with Gasteiger partial charge in [0.25, 0.3) is 5.91 Å². The molecule has 0 aliphatic carbocycles. The minimum Gasteiger partial charge on any atom is -0.459 e. The molecule has 1 aliphatic heterocycles. The normalized spacial score (nSPS) is 16.6. The van der Waals surface area contributed by atoms with Crippen molar-refractivity contribution in [2.45, 2.75) is 25.3 Å². The lowest BCUT2D eigenvalue weighted by molar-refractivity contribution is -0.126. The highest BCUT2D eigenvalue weighted by atomic mass is 16.3. The van der Waals surface area contributed by atoms with Crippen molar-refractivity contribution in [1.82, 2.24) is 10.2 Å². The average molecular weight is 336 g/mol. The molecule has 1 saturated heterocycles. The molecule has 5 heteroatoms. The van der Waals surface area contributed by atoms with Crippen LogP contribution in [-0.4, -0.2) is 35.8 Å². The van der Waals surface area contributed by atoms with E-state index in [1.54, 1.807) is 17.0 Å². The Morgan fingerprint density at radius 1 is 1.16 bits per heavy atom. The number of hydrogen-bond acceptors (Lipinski definition) is 3. The third kappa shape index (κ3) is 4.30. The van der Waals surface area contributed by atoms with Crippen molar-refractivity contribution in [3.63, 3.8) is 0 Å². The molecule has 1 atom stereocenters. The maximum Gasteiger partial charge on any atom is 0.290 e. The van der Waals surface area contributed by atoms with Gasteiger partial charge in [0.2, 0.25) is 5.91 Å². The van der Waals surface area contributed by atoms with Gasteiger partial charge in [-0.25, -0.2) is 0 Å². The molecule has 2 aromatic rings. The SMILES string of the molecule is O=C(NCC#Cc1ccccc1)[C@H]1CCCCN1C(=O)c1ccco1. The van der Waals surface area contributed by atoms with Crippen molar-refractivity contribution in [3.8, 4) is 11.8 Å². The van der Waals surface area contributed by atoms with Gasteiger partial charge in [-0.05, 0) is 43.5 Å². The Hall–Kier alpha value is -3.00. The van der Waals surface area contributed by atoms with Crippen LogP contribution in [0.25, 0.3) is 0 Å². The van der Waals surface area contributed by atoms with Gasteiger partial charge < -0.3 is 14.6 Å². The molecule has 0 spiro atoms. The van der Waals surface area contributed by atoms with E-state index in [0.717, 1.165) is 18.4 Å². The topological polar surface area (TPSA) is 62.6 Å². The van der Waals surface area contributed by atoms with E-state index in [1.807, 2.05) is 30.3 Å². The molecule has 0 saturated carbocycles. The van der Waals surface area contributed by atoms with Gasteiger partial charge in [-0.2, -0.15) is 0 Å². The minimum atomic E-state index is -0.468. The summed E-state index contributed by atoms with van der Waals surface area (Å²) in [6.45, 7) is 0.820. The predicted octanol–water partition coefficient (Wildman–Crippen LogP) is 2.44. The molecule has 2 heterocycles. The Balaban J connectivity index is 1.59. The van der Waals surface area contributed by atoms with Crippen LogP contribution in [0.3, 0.4) is 0 Å². The molecule has 5 nitrogen and oxygen atoms in total. The van der Waals surface area contributed by atoms with Crippen molar-refractivity contribution < 1.29 is 14.0 Å². The standard InChI is InChI=1S/C20H20N2O3/c23-19(21-13-6-10-16-8-2-1-3-9-16)17-11-4-5-14-22(17)20(24)18-12-7-15-25-18/h1-3,7-9,12,15,17H,4-5,11,13-14H2,(H,21,23)/t17-/m1/s1. The van der Waals surface area contributed by atoms with Gasteiger partial charge in [-0.1, -0.05) is 30.0 Å². The monoisotopic (exact) mass is 336 g/mol. The van der Waals surface area contributed by atoms with E-state index in [0.29, 0.717) is 13.0 Å². The second-order valence-electron chi connectivity index (χ2n) is 5.87. The highest BCUT2D eigenvalue weighted by molar-refractivity contribution is 5.95. The van der Waals surface area contributed by atoms with Crippen molar-refractivity contribution >= 4 is 11.8 Å². The van der Waals surface area contributed by atoms with Crippen molar-refractivity contribution in [1.29, 1.82) is 0 Å². The first-order chi connectivity index (χ1) is 12.3. The summed E-state index contributed by atoms with van der Waals surface area (Å²) in [5.74, 6) is 5.80. The second-order valence-corrected chi connectivity index (χ2v) is 5.87. The van der Waals surface area contributed by atoms with Crippen molar-refractivity contribution in [3.05, 3.63) is 60.1 Å². The fraction of sp³-hybridized carbons (Fsp3) is 0.300. The highest BCUT2D eigenvalue weighted by Crippen LogP contribution is 2.20. The Morgan fingerprint density at radius 3 is 2.76 bits per heavy atom. The molecule has 3 rings (SSSR count). The Kier molecular flexibility index (Phi) is 5.53. The first-order valence-corrected chi connectivity index (χ1v) is 8.42. The highest BCUT2D eigenvalue weighted by Gasteiger charge is 2.33. The lowest BCUT2D eigenvalue weighted by atomic mass is 10.0. The van der Waals surface area contributed by atoms with Gasteiger partial charge in [-0.15, -0.1) is 0 Å². The van der Waals surface area contributed by atoms with Gasteiger partial charge in [0.05, 0.1) is 12.8 Å². The van der Waals surface area contributed by atoms with E-state index in [-0.39, 0.29) is 24.1 Å². The summed E-state index contributed by atoms with van der Waals surface area (Å²) in [4.78, 5) is 26.6. The first-order valence-electron chi connectivity index (χ1n) is 8.42. The number of carbonyl (C=O) groups is 2. The molecule has 1 aromatic heterocycles. The van der Waals surface area contributed by atoms with Gasteiger partial charge in [-0.3, -0.25) is 9.59 Å². The van der Waals surface area contributed by atoms with E-state index >= 15 is 0 Å². The van der Waals surface area contributed by atoms with Gasteiger partial charge in [0, 0.05) is 12.1 Å². The predicted molar refractivity (Wildman–Crippen MR) is 93.7 cm³/mol. The van der Waals surface area contributed by atoms with Crippen LogP contribution in [0.4, 0.5) is 0 Å². The summed E-state index contributed by atoms with van der Waals surface area (Å²) in [5.41, 5.74) is 0.907. The Bertz CT molecular complexity index is 772. The first kappa shape index (κ1) is 16.8. The van der Waals surface area contributed by atoms with Gasteiger partial charge in [0.1, 0.15) is 6.04 Å². The molecular formula is C20H20N2O3. The van der Waals surface area contributed by atoms with Gasteiger partial charge >= 0.3 is 0 Å². The zero-order chi connectivity index (χ0) is 17.5. The third-order valence-corrected chi connectivity index (χ3v) is 4.16. The Labute approximate surface area is 147 Å². The maximum atomic E-state index is 12.5. The number of piperidine rings is 1. The van der Waals surface area contributed by atoms with Crippen LogP contribution in [0.2, 0.25) is 0 Å². The molecule has 2 amide bonds. The molecule has 128 valence electrons. The van der Waals surface area contributed by atoms with Crippen LogP contribution in [0.5, 0.6) is 0 Å². The number of hydrogen-bond donors (Lipinski definition) is 1. The van der Waals surface area contributed by atoms with Crippen LogP contribution in [0, 0.1) is 11.8 Å². The molecule has 1 N–H and O–H groups in total. The number of likely N-dealkylation sites (tertiary alicyclic amines) is 1. The van der Waals surface area contributed by atoms with E-state index in [1.165, 1.54) is 6.26 Å². The van der Waals surface area contributed by atoms with Crippen LogP contribution in [0.15, 0.2) is 53.1 Å². The van der Waals surface area contributed by atoms with Crippen molar-refractivity contribution in [2.75, 3.05) is 13.1 Å². The number of nitrogens with one attached hydrogen (secondary N) is 1. The average Bonchev–Trinajstić information content (AvgIpc) is 3.20. The molecule has 1 aromatic carbocycles. The Morgan fingerprint density at radius 2 is 2.00 bits per heavy atom. The summed E-state index contributed by atoms with van der Waals surface area (Å²) in [6.07, 6.45) is 3.94. The van der Waals surface area contributed by atoms with Crippen LogP contribution >= 0.6 is 0 Å². The molecule has 25 heavy (non-hydrogen) atoms. The molecular weight excluding hydrogens is 316 g/mol. The smallest absolute Gasteiger partial charge is 0.290 e. The summed E-state index contributed by atoms with van der Waals surface area (Å²) >= 11 is 0. The van der Waals surface area contributed by atoms with Crippen LogP contribution < -0.4 is 5.32 Å². The van der Waals surface area contributed by atoms with Crippen LogP contribution in [0.1, 0.15) is 35.4 Å². The van der Waals surface area contributed by atoms with Crippen LogP contribution in [-0.2, 0) is 4.79 Å². The zero-order valence-electron chi connectivity index (χ0n) is 13.9. The lowest BCUT2D eigenvalue weighted by Gasteiger charge is -2.33. The fourth-order valence-electron chi connectivity index (χ4n) is 2.91. The third-order valence-electron chi connectivity index (χ3n) is 4.16. The number of furan rings is 1. The minimum absolute atomic E-state index is 0.165. The van der Waals surface area contributed by atoms with E-state index in [4.69, 9.17) is 4.42 Å². The molecule has 1 fully saturated rings. The number of benzene rings is 1. The molecule has 0 bridgehead atoms. The number of carbonyl (C=O) groups excluding carboxylic acids is 2. The summed E-state index contributed by atoms with van der Waals surface area (Å²) in [7, 11) is 0. The zero-order valence-corrected chi connectivity index (χ0v) is 13.9. The van der Waals surface area contributed by atoms with E-state index in [9.17, 15) is 9.59 Å². The summed E-state index contributed by atoms with van der Waals surface area (Å²) in [5, 5.41) is 2.82. The van der Waals surface area contributed by atoms with E-state index in [2.05, 4.69) is 17.2 Å². The number of nitrogens with zero attached hydrogens (tertiary/aromatic N) is 1. The quantitative estimate of drug-likeness (QED) is 0.876. The maximum absolute atomic E-state index is 12.5. The summed E-state index contributed by atoms with van der Waals surface area (Å²) < 4.78 is 5.18. The second kappa shape index (κ2) is 8.20. The molecule has 0 unspecified atom stereocenters. The number of rotatable bonds is 3. The van der Waals surface area contributed by atoms with E-state index < -0.39 is 6.04 Å². The van der Waals surface area contributed by atoms with Crippen molar-refractivity contribution in [2.24, 2.45) is 0 Å². The molecule has 0 radical (unpaired) electrons. The fourth-order valence-corrected chi connectivity index (χ4v) is 2.91. The number of amides is 2. The molecule has 1 aliphatic rings. The van der Waals surface area contributed by atoms with Gasteiger partial charge in [0.15, 0.2) is 5.76 Å². The lowest BCUT2D eigenvalue weighted by Crippen LogP contribution is -2.51.